The topological polar surface area (TPSA) is 63.1 Å². The molecule has 0 saturated carbocycles. The monoisotopic (exact) mass is 318 g/mol. The van der Waals surface area contributed by atoms with Crippen LogP contribution in [0.25, 0.3) is 10.7 Å². The summed E-state index contributed by atoms with van der Waals surface area (Å²) in [6.07, 6.45) is 0. The molecule has 0 bridgehead atoms. The lowest BCUT2D eigenvalue weighted by molar-refractivity contribution is 0.0690. The molecule has 0 aromatic carbocycles. The number of hydrogen-bond acceptors (Lipinski definition) is 4. The van der Waals surface area contributed by atoms with Gasteiger partial charge in [-0.25, -0.2) is 14.8 Å². The maximum atomic E-state index is 10.8. The van der Waals surface area contributed by atoms with Crippen molar-refractivity contribution in [1.29, 1.82) is 0 Å². The van der Waals surface area contributed by atoms with E-state index in [-0.39, 0.29) is 10.8 Å². The predicted molar refractivity (Wildman–Crippen MR) is 65.0 cm³/mol. The third-order valence-corrected chi connectivity index (χ3v) is 3.58. The van der Waals surface area contributed by atoms with Crippen molar-refractivity contribution in [1.82, 2.24) is 9.97 Å². The maximum absolute atomic E-state index is 10.8. The minimum atomic E-state index is -1.12. The fourth-order valence-electron chi connectivity index (χ4n) is 1.07. The van der Waals surface area contributed by atoms with Crippen LogP contribution >= 0.6 is 38.9 Å². The van der Waals surface area contributed by atoms with Crippen LogP contribution in [-0.4, -0.2) is 21.0 Å². The first-order chi connectivity index (χ1) is 7.56. The van der Waals surface area contributed by atoms with Crippen molar-refractivity contribution in [2.45, 2.75) is 0 Å². The summed E-state index contributed by atoms with van der Waals surface area (Å²) in [5, 5.41) is 10.8. The van der Waals surface area contributed by atoms with Crippen molar-refractivity contribution in [2.24, 2.45) is 0 Å². The van der Waals surface area contributed by atoms with E-state index < -0.39 is 5.97 Å². The number of rotatable bonds is 2. The van der Waals surface area contributed by atoms with Crippen LogP contribution in [0.15, 0.2) is 22.0 Å². The standard InChI is InChI=1S/C9H4BrClN2O2S/c10-4-1-6(16-3-4)8-12-5(9(14)15)2-7(11)13-8/h1-3H,(H,14,15). The van der Waals surface area contributed by atoms with Crippen molar-refractivity contribution in [3.8, 4) is 10.7 Å². The van der Waals surface area contributed by atoms with Gasteiger partial charge in [0.2, 0.25) is 0 Å². The first kappa shape index (κ1) is 11.5. The van der Waals surface area contributed by atoms with Crippen LogP contribution in [0.5, 0.6) is 0 Å². The van der Waals surface area contributed by atoms with Gasteiger partial charge in [-0.2, -0.15) is 0 Å². The average molecular weight is 320 g/mol. The fraction of sp³-hybridized carbons (Fsp3) is 0. The van der Waals surface area contributed by atoms with Crippen LogP contribution in [0.2, 0.25) is 5.15 Å². The predicted octanol–water partition coefficient (Wildman–Crippen LogP) is 3.32. The summed E-state index contributed by atoms with van der Waals surface area (Å²) in [6.45, 7) is 0. The summed E-state index contributed by atoms with van der Waals surface area (Å²) in [6, 6.07) is 3.03. The van der Waals surface area contributed by atoms with Gasteiger partial charge in [-0.3, -0.25) is 0 Å². The van der Waals surface area contributed by atoms with E-state index in [2.05, 4.69) is 25.9 Å². The van der Waals surface area contributed by atoms with Crippen LogP contribution in [0, 0.1) is 0 Å². The molecule has 2 aromatic rings. The Morgan fingerprint density at radius 3 is 2.75 bits per heavy atom. The highest BCUT2D eigenvalue weighted by atomic mass is 79.9. The van der Waals surface area contributed by atoms with Crippen molar-refractivity contribution in [3.05, 3.63) is 32.8 Å². The Morgan fingerprint density at radius 1 is 1.44 bits per heavy atom. The molecule has 0 spiro atoms. The second-order valence-corrected chi connectivity index (χ2v) is 5.05. The van der Waals surface area contributed by atoms with Gasteiger partial charge in [0.05, 0.1) is 4.88 Å². The number of nitrogens with zero attached hydrogens (tertiary/aromatic N) is 2. The smallest absolute Gasteiger partial charge is 0.354 e. The number of aromatic nitrogens is 2. The van der Waals surface area contributed by atoms with Gasteiger partial charge in [0.15, 0.2) is 11.5 Å². The molecule has 0 aliphatic rings. The zero-order valence-electron chi connectivity index (χ0n) is 7.65. The zero-order valence-corrected chi connectivity index (χ0v) is 10.8. The summed E-state index contributed by atoms with van der Waals surface area (Å²) in [5.41, 5.74) is -0.112. The number of carbonyl (C=O) groups is 1. The van der Waals surface area contributed by atoms with Crippen LogP contribution < -0.4 is 0 Å². The van der Waals surface area contributed by atoms with E-state index >= 15 is 0 Å². The molecule has 4 nitrogen and oxygen atoms in total. The molecular formula is C9H4BrClN2O2S. The highest BCUT2D eigenvalue weighted by Gasteiger charge is 2.12. The summed E-state index contributed by atoms with van der Waals surface area (Å²) in [7, 11) is 0. The van der Waals surface area contributed by atoms with E-state index in [0.717, 1.165) is 9.35 Å². The molecule has 82 valence electrons. The molecule has 0 aliphatic heterocycles. The third-order valence-electron chi connectivity index (χ3n) is 1.70. The highest BCUT2D eigenvalue weighted by molar-refractivity contribution is 9.10. The lowest BCUT2D eigenvalue weighted by Gasteiger charge is -1.99. The number of thiophene rings is 1. The molecule has 0 atom stereocenters. The lowest BCUT2D eigenvalue weighted by atomic mass is 10.4. The van der Waals surface area contributed by atoms with Gasteiger partial charge in [-0.1, -0.05) is 11.6 Å². The second-order valence-electron chi connectivity index (χ2n) is 2.83. The Balaban J connectivity index is 2.53. The first-order valence-corrected chi connectivity index (χ1v) is 6.13. The Labute approximate surface area is 108 Å². The van der Waals surface area contributed by atoms with Gasteiger partial charge in [0.25, 0.3) is 0 Å². The third kappa shape index (κ3) is 2.40. The van der Waals surface area contributed by atoms with Gasteiger partial charge in [0.1, 0.15) is 5.15 Å². The zero-order chi connectivity index (χ0) is 11.7. The minimum absolute atomic E-state index is 0.112. The fourth-order valence-corrected chi connectivity index (χ4v) is 2.61. The second kappa shape index (κ2) is 4.48. The van der Waals surface area contributed by atoms with Crippen LogP contribution in [0.3, 0.4) is 0 Å². The maximum Gasteiger partial charge on any atom is 0.354 e. The van der Waals surface area contributed by atoms with E-state index in [4.69, 9.17) is 16.7 Å². The van der Waals surface area contributed by atoms with E-state index in [1.165, 1.54) is 17.4 Å². The van der Waals surface area contributed by atoms with Crippen LogP contribution in [0.4, 0.5) is 0 Å². The van der Waals surface area contributed by atoms with E-state index in [1.807, 2.05) is 11.4 Å². The lowest BCUT2D eigenvalue weighted by Crippen LogP contribution is -2.02. The Hall–Kier alpha value is -0.980. The molecule has 2 heterocycles. The summed E-state index contributed by atoms with van der Waals surface area (Å²) in [5.74, 6) is -0.804. The minimum Gasteiger partial charge on any atom is -0.477 e. The molecule has 0 aliphatic carbocycles. The summed E-state index contributed by atoms with van der Waals surface area (Å²) in [4.78, 5) is 19.4. The normalized spacial score (nSPS) is 10.4. The van der Waals surface area contributed by atoms with E-state index in [0.29, 0.717) is 5.82 Å². The van der Waals surface area contributed by atoms with E-state index in [9.17, 15) is 4.79 Å². The Bertz CT molecular complexity index is 558. The molecule has 16 heavy (non-hydrogen) atoms. The van der Waals surface area contributed by atoms with Gasteiger partial charge in [-0.05, 0) is 22.0 Å². The molecule has 0 unspecified atom stereocenters. The van der Waals surface area contributed by atoms with Gasteiger partial charge >= 0.3 is 5.97 Å². The van der Waals surface area contributed by atoms with Crippen molar-refractivity contribution in [3.63, 3.8) is 0 Å². The summed E-state index contributed by atoms with van der Waals surface area (Å²) >= 11 is 10.4. The van der Waals surface area contributed by atoms with Crippen molar-refractivity contribution >= 4 is 44.8 Å². The molecule has 2 aromatic heterocycles. The van der Waals surface area contributed by atoms with Gasteiger partial charge in [0, 0.05) is 15.9 Å². The number of hydrogen-bond donors (Lipinski definition) is 1. The molecular weight excluding hydrogens is 316 g/mol. The summed E-state index contributed by atoms with van der Waals surface area (Å²) < 4.78 is 0.896. The number of aromatic carboxylic acids is 1. The molecule has 1 N–H and O–H groups in total. The Kier molecular flexibility index (Phi) is 3.22. The number of carboxylic acids is 1. The van der Waals surface area contributed by atoms with Crippen molar-refractivity contribution in [2.75, 3.05) is 0 Å². The highest BCUT2D eigenvalue weighted by Crippen LogP contribution is 2.28. The molecule has 7 heteroatoms. The SMILES string of the molecule is O=C(O)c1cc(Cl)nc(-c2cc(Br)cs2)n1. The molecule has 0 amide bonds. The molecule has 0 radical (unpaired) electrons. The Morgan fingerprint density at radius 2 is 2.19 bits per heavy atom. The van der Waals surface area contributed by atoms with Crippen molar-refractivity contribution < 1.29 is 9.90 Å². The van der Waals surface area contributed by atoms with Gasteiger partial charge < -0.3 is 5.11 Å². The molecule has 0 fully saturated rings. The van der Waals surface area contributed by atoms with Gasteiger partial charge in [-0.15, -0.1) is 11.3 Å². The van der Waals surface area contributed by atoms with Crippen LogP contribution in [0.1, 0.15) is 10.5 Å². The average Bonchev–Trinajstić information content (AvgIpc) is 2.64. The number of halogens is 2. The molecule has 0 saturated heterocycles. The van der Waals surface area contributed by atoms with Crippen LogP contribution in [-0.2, 0) is 0 Å². The first-order valence-electron chi connectivity index (χ1n) is 4.08. The van der Waals surface area contributed by atoms with E-state index in [1.54, 1.807) is 0 Å². The number of carboxylic acid groups (broad SMARTS) is 1. The quantitative estimate of drug-likeness (QED) is 0.863. The largest absolute Gasteiger partial charge is 0.477 e. The molecule has 2 rings (SSSR count).